The molecule has 2 heterocycles. The predicted molar refractivity (Wildman–Crippen MR) is 112 cm³/mol. The van der Waals surface area contributed by atoms with E-state index in [1.807, 2.05) is 0 Å². The van der Waals surface area contributed by atoms with Gasteiger partial charge in [-0.05, 0) is 49.9 Å². The van der Waals surface area contributed by atoms with Crippen molar-refractivity contribution in [1.82, 2.24) is 10.3 Å². The largest absolute Gasteiger partial charge is 0.352 e. The molecule has 1 aliphatic rings. The fraction of sp³-hybridized carbons (Fsp3) is 0.364. The predicted octanol–water partition coefficient (Wildman–Crippen LogP) is 4.59. The van der Waals surface area contributed by atoms with Gasteiger partial charge in [-0.3, -0.25) is 4.79 Å². The van der Waals surface area contributed by atoms with Gasteiger partial charge in [0.2, 0.25) is 5.91 Å². The number of aromatic nitrogens is 1. The summed E-state index contributed by atoms with van der Waals surface area (Å²) in [6.45, 7) is 5.98. The molecule has 1 atom stereocenters. The molecule has 0 unspecified atom stereocenters. The van der Waals surface area contributed by atoms with E-state index in [9.17, 15) is 9.18 Å². The molecule has 0 bridgehead atoms. The number of carbonyl (C=O) groups excluding carboxylic acids is 1. The van der Waals surface area contributed by atoms with Crippen LogP contribution in [0.5, 0.6) is 0 Å². The molecule has 3 aromatic rings. The Kier molecular flexibility index (Phi) is 5.31. The molecule has 2 aromatic carbocycles. The third-order valence-corrected chi connectivity index (χ3v) is 6.36. The summed E-state index contributed by atoms with van der Waals surface area (Å²) in [6.07, 6.45) is 1.80. The van der Waals surface area contributed by atoms with E-state index in [-0.39, 0.29) is 24.2 Å². The average molecular weight is 398 g/mol. The summed E-state index contributed by atoms with van der Waals surface area (Å²) in [5.41, 5.74) is 4.00. The minimum Gasteiger partial charge on any atom is -0.352 e. The molecule has 4 nitrogen and oxygen atoms in total. The third-order valence-electron chi connectivity index (χ3n) is 5.29. The number of thiazole rings is 1. The molecule has 0 saturated carbocycles. The van der Waals surface area contributed by atoms with Crippen LogP contribution in [0.3, 0.4) is 0 Å². The van der Waals surface area contributed by atoms with Crippen LogP contribution in [0.15, 0.2) is 36.4 Å². The molecule has 6 heteroatoms. The highest BCUT2D eigenvalue weighted by Crippen LogP contribution is 2.33. The molecule has 0 radical (unpaired) electrons. The molecule has 0 aliphatic carbocycles. The van der Waals surface area contributed by atoms with Gasteiger partial charge >= 0.3 is 0 Å². The van der Waals surface area contributed by atoms with Crippen molar-refractivity contribution < 1.29 is 9.18 Å². The molecular formula is C22H24FN3OS. The Morgan fingerprint density at radius 3 is 2.96 bits per heavy atom. The Bertz CT molecular complexity index is 1020. The van der Waals surface area contributed by atoms with Crippen LogP contribution in [0.25, 0.3) is 10.2 Å². The van der Waals surface area contributed by atoms with Gasteiger partial charge in [-0.25, -0.2) is 9.37 Å². The zero-order valence-electron chi connectivity index (χ0n) is 16.2. The number of hydrogen-bond acceptors (Lipinski definition) is 4. The summed E-state index contributed by atoms with van der Waals surface area (Å²) >= 11 is 1.69. The first-order valence-electron chi connectivity index (χ1n) is 9.65. The number of nitrogens with one attached hydrogen (secondary N) is 1. The fourth-order valence-corrected chi connectivity index (χ4v) is 5.00. The number of rotatable bonds is 4. The second-order valence-corrected chi connectivity index (χ2v) is 8.53. The molecule has 1 aromatic heterocycles. The van der Waals surface area contributed by atoms with Crippen LogP contribution in [0.2, 0.25) is 0 Å². The number of aryl methyl sites for hydroxylation is 2. The molecule has 1 aliphatic heterocycles. The average Bonchev–Trinajstić information content (AvgIpc) is 3.12. The number of nitrogens with zero attached hydrogens (tertiary/aromatic N) is 2. The number of halogens is 1. The molecule has 1 N–H and O–H groups in total. The van der Waals surface area contributed by atoms with Gasteiger partial charge in [0.05, 0.1) is 16.1 Å². The van der Waals surface area contributed by atoms with Gasteiger partial charge in [0.25, 0.3) is 0 Å². The van der Waals surface area contributed by atoms with Crippen molar-refractivity contribution in [3.8, 4) is 0 Å². The SMILES string of the molecule is Cc1cc(C)c2nc(N3CCC[C@H](C(=O)NCc4ccccc4F)C3)sc2c1. The first-order valence-corrected chi connectivity index (χ1v) is 10.5. The lowest BCUT2D eigenvalue weighted by atomic mass is 9.97. The summed E-state index contributed by atoms with van der Waals surface area (Å²) in [4.78, 5) is 19.7. The maximum atomic E-state index is 13.8. The molecule has 0 spiro atoms. The molecule has 1 amide bonds. The summed E-state index contributed by atoms with van der Waals surface area (Å²) in [5, 5.41) is 3.88. The maximum Gasteiger partial charge on any atom is 0.225 e. The van der Waals surface area contributed by atoms with Crippen LogP contribution >= 0.6 is 11.3 Å². The summed E-state index contributed by atoms with van der Waals surface area (Å²) in [5.74, 6) is -0.398. The van der Waals surface area contributed by atoms with Crippen LogP contribution in [-0.4, -0.2) is 24.0 Å². The number of piperidine rings is 1. The Morgan fingerprint density at radius 1 is 1.32 bits per heavy atom. The summed E-state index contributed by atoms with van der Waals surface area (Å²) < 4.78 is 15.0. The van der Waals surface area contributed by atoms with Crippen molar-refractivity contribution in [2.24, 2.45) is 5.92 Å². The Balaban J connectivity index is 1.45. The van der Waals surface area contributed by atoms with E-state index in [1.165, 1.54) is 21.9 Å². The number of carbonyl (C=O) groups is 1. The van der Waals surface area contributed by atoms with Gasteiger partial charge in [-0.1, -0.05) is 35.6 Å². The molecular weight excluding hydrogens is 373 g/mol. The van der Waals surface area contributed by atoms with Crippen molar-refractivity contribution >= 4 is 32.6 Å². The van der Waals surface area contributed by atoms with E-state index < -0.39 is 0 Å². The second kappa shape index (κ2) is 7.87. The van der Waals surface area contributed by atoms with Crippen LogP contribution in [0, 0.1) is 25.6 Å². The lowest BCUT2D eigenvalue weighted by Crippen LogP contribution is -2.43. The van der Waals surface area contributed by atoms with Gasteiger partial charge < -0.3 is 10.2 Å². The molecule has 4 rings (SSSR count). The van der Waals surface area contributed by atoms with E-state index in [2.05, 4.69) is 36.2 Å². The van der Waals surface area contributed by atoms with Gasteiger partial charge in [0.15, 0.2) is 5.13 Å². The van der Waals surface area contributed by atoms with Crippen molar-refractivity contribution in [1.29, 1.82) is 0 Å². The highest BCUT2D eigenvalue weighted by Gasteiger charge is 2.27. The zero-order chi connectivity index (χ0) is 19.7. The van der Waals surface area contributed by atoms with Crippen molar-refractivity contribution in [2.75, 3.05) is 18.0 Å². The Morgan fingerprint density at radius 2 is 2.14 bits per heavy atom. The smallest absolute Gasteiger partial charge is 0.225 e. The van der Waals surface area contributed by atoms with Gasteiger partial charge in [-0.2, -0.15) is 0 Å². The van der Waals surface area contributed by atoms with Gasteiger partial charge in [0, 0.05) is 25.2 Å². The third kappa shape index (κ3) is 3.87. The minimum absolute atomic E-state index is 0.0129. The Hall–Kier alpha value is -2.47. The molecule has 146 valence electrons. The summed E-state index contributed by atoms with van der Waals surface area (Å²) in [6, 6.07) is 10.9. The number of hydrogen-bond donors (Lipinski definition) is 1. The molecule has 28 heavy (non-hydrogen) atoms. The number of anilines is 1. The van der Waals surface area contributed by atoms with E-state index in [0.29, 0.717) is 12.1 Å². The Labute approximate surface area is 168 Å². The highest BCUT2D eigenvalue weighted by atomic mass is 32.1. The lowest BCUT2D eigenvalue weighted by Gasteiger charge is -2.31. The van der Waals surface area contributed by atoms with E-state index >= 15 is 0 Å². The maximum absolute atomic E-state index is 13.8. The standard InChI is InChI=1S/C22H24FN3OS/c1-14-10-15(2)20-19(11-14)28-22(25-20)26-9-5-7-17(13-26)21(27)24-12-16-6-3-4-8-18(16)23/h3-4,6,8,10-11,17H,5,7,9,12-13H2,1-2H3,(H,24,27)/t17-/m0/s1. The van der Waals surface area contributed by atoms with Crippen LogP contribution in [0.1, 0.15) is 29.5 Å². The van der Waals surface area contributed by atoms with Crippen LogP contribution < -0.4 is 10.2 Å². The van der Waals surface area contributed by atoms with Crippen molar-refractivity contribution in [3.63, 3.8) is 0 Å². The van der Waals surface area contributed by atoms with Gasteiger partial charge in [-0.15, -0.1) is 0 Å². The quantitative estimate of drug-likeness (QED) is 0.701. The topological polar surface area (TPSA) is 45.2 Å². The zero-order valence-corrected chi connectivity index (χ0v) is 17.0. The molecule has 1 saturated heterocycles. The van der Waals surface area contributed by atoms with Crippen molar-refractivity contribution in [3.05, 3.63) is 58.9 Å². The first kappa shape index (κ1) is 18.9. The highest BCUT2D eigenvalue weighted by molar-refractivity contribution is 7.22. The van der Waals surface area contributed by atoms with E-state index in [0.717, 1.165) is 30.0 Å². The molecule has 1 fully saturated rings. The van der Waals surface area contributed by atoms with Crippen molar-refractivity contribution in [2.45, 2.75) is 33.2 Å². The monoisotopic (exact) mass is 397 g/mol. The van der Waals surface area contributed by atoms with Crippen LogP contribution in [-0.2, 0) is 11.3 Å². The normalized spacial score (nSPS) is 17.1. The number of fused-ring (bicyclic) bond motifs is 1. The van der Waals surface area contributed by atoms with E-state index in [1.54, 1.807) is 29.5 Å². The number of amides is 1. The summed E-state index contributed by atoms with van der Waals surface area (Å²) in [7, 11) is 0. The van der Waals surface area contributed by atoms with E-state index in [4.69, 9.17) is 4.98 Å². The second-order valence-electron chi connectivity index (χ2n) is 7.52. The number of benzene rings is 2. The van der Waals surface area contributed by atoms with Crippen LogP contribution in [0.4, 0.5) is 9.52 Å². The van der Waals surface area contributed by atoms with Gasteiger partial charge in [0.1, 0.15) is 5.82 Å². The fourth-order valence-electron chi connectivity index (χ4n) is 3.83. The first-order chi connectivity index (χ1) is 13.5. The minimum atomic E-state index is -0.284. The lowest BCUT2D eigenvalue weighted by molar-refractivity contribution is -0.125.